The lowest BCUT2D eigenvalue weighted by Gasteiger charge is -2.20. The minimum Gasteiger partial charge on any atom is -0.481 e. The van der Waals surface area contributed by atoms with Gasteiger partial charge in [-0.2, -0.15) is 0 Å². The second-order valence-electron chi connectivity index (χ2n) is 9.16. The molecular formula is C25H50O8P+. The molecule has 0 aromatic carbocycles. The Hall–Kier alpha value is -0.630. The summed E-state index contributed by atoms with van der Waals surface area (Å²) in [5.74, 6) is 0.264. The van der Waals surface area contributed by atoms with Crippen LogP contribution in [0.1, 0.15) is 111 Å². The number of aliphatic carboxylic acids is 1. The number of ether oxygens (including phenoxy) is 2. The Morgan fingerprint density at radius 2 is 1.41 bits per heavy atom. The van der Waals surface area contributed by atoms with Gasteiger partial charge in [-0.25, -0.2) is 4.57 Å². The third-order valence-corrected chi connectivity index (χ3v) is 6.35. The van der Waals surface area contributed by atoms with E-state index in [9.17, 15) is 14.3 Å². The molecule has 0 rings (SSSR count). The van der Waals surface area contributed by atoms with E-state index in [-0.39, 0.29) is 26.2 Å². The van der Waals surface area contributed by atoms with E-state index in [1.807, 2.05) is 13.8 Å². The Kier molecular flexibility index (Phi) is 22.4. The quantitative estimate of drug-likeness (QED) is 0.0752. The molecule has 0 bridgehead atoms. The van der Waals surface area contributed by atoms with Crippen LogP contribution in [0.25, 0.3) is 0 Å². The van der Waals surface area contributed by atoms with Gasteiger partial charge in [0.15, 0.2) is 0 Å². The molecule has 2 N–H and O–H groups in total. The molecule has 0 aliphatic rings. The van der Waals surface area contributed by atoms with Gasteiger partial charge in [0.05, 0.1) is 39.6 Å². The summed E-state index contributed by atoms with van der Waals surface area (Å²) in [6.07, 6.45) is 13.8. The molecular weight excluding hydrogens is 459 g/mol. The van der Waals surface area contributed by atoms with E-state index >= 15 is 0 Å². The molecule has 0 saturated carbocycles. The number of hydrogen-bond donors (Lipinski definition) is 2. The second-order valence-corrected chi connectivity index (χ2v) is 10.6. The van der Waals surface area contributed by atoms with E-state index in [2.05, 4.69) is 6.92 Å². The first kappa shape index (κ1) is 33.4. The zero-order valence-electron chi connectivity index (χ0n) is 21.8. The summed E-state index contributed by atoms with van der Waals surface area (Å²) < 4.78 is 33.6. The van der Waals surface area contributed by atoms with Crippen molar-refractivity contribution in [2.24, 2.45) is 0 Å². The Morgan fingerprint density at radius 3 is 2.00 bits per heavy atom. The van der Waals surface area contributed by atoms with Gasteiger partial charge in [0.2, 0.25) is 0 Å². The van der Waals surface area contributed by atoms with E-state index in [0.717, 1.165) is 18.8 Å². The molecule has 9 heteroatoms. The Balaban J connectivity index is 4.10. The fraction of sp³-hybridized carbons (Fsp3) is 0.920. The van der Waals surface area contributed by atoms with Crippen molar-refractivity contribution in [3.8, 4) is 0 Å². The summed E-state index contributed by atoms with van der Waals surface area (Å²) in [4.78, 5) is 20.5. The highest BCUT2D eigenvalue weighted by Gasteiger charge is 2.24. The van der Waals surface area contributed by atoms with Gasteiger partial charge in [-0.15, -0.1) is 0 Å². The standard InChI is InChI=1S/C25H49O8P/c1-4-5-6-7-8-9-10-11-12-14-18-30-21-24(31-19-15-13-16-25(26)27)22-33-34(28,29)32-20-17-23(2)3/h24H,4-22H2,1-3H3,(H-,26,27,28,29)/p+1. The monoisotopic (exact) mass is 509 g/mol. The van der Waals surface area contributed by atoms with E-state index < -0.39 is 19.9 Å². The molecule has 0 amide bonds. The SMILES string of the molecule is CCCCCCCCCCCCOCC(COP(=O)(O)OCC[C+](C)C)OCCCCC(=O)O. The van der Waals surface area contributed by atoms with Crippen LogP contribution in [0.3, 0.4) is 0 Å². The molecule has 202 valence electrons. The molecule has 0 aromatic rings. The number of rotatable bonds is 26. The van der Waals surface area contributed by atoms with Crippen LogP contribution in [-0.2, 0) is 27.9 Å². The van der Waals surface area contributed by atoms with Crippen LogP contribution in [-0.4, -0.2) is 55.1 Å². The van der Waals surface area contributed by atoms with Gasteiger partial charge >= 0.3 is 13.8 Å². The zero-order chi connectivity index (χ0) is 25.5. The molecule has 0 aromatic heterocycles. The number of carbonyl (C=O) groups is 1. The fourth-order valence-corrected chi connectivity index (χ4v) is 4.01. The lowest BCUT2D eigenvalue weighted by molar-refractivity contribution is -0.137. The Morgan fingerprint density at radius 1 is 0.824 bits per heavy atom. The number of hydrogen-bond acceptors (Lipinski definition) is 6. The predicted octanol–water partition coefficient (Wildman–Crippen LogP) is 6.70. The highest BCUT2D eigenvalue weighted by molar-refractivity contribution is 7.47. The first-order chi connectivity index (χ1) is 16.3. The fourth-order valence-electron chi connectivity index (χ4n) is 3.26. The van der Waals surface area contributed by atoms with Crippen molar-refractivity contribution in [3.63, 3.8) is 0 Å². The second kappa shape index (κ2) is 22.8. The maximum Gasteiger partial charge on any atom is 0.472 e. The number of unbranched alkanes of at least 4 members (excludes halogenated alkanes) is 10. The van der Waals surface area contributed by atoms with Crippen molar-refractivity contribution in [2.45, 2.75) is 117 Å². The summed E-state index contributed by atoms with van der Waals surface area (Å²) in [7, 11) is -4.16. The molecule has 2 atom stereocenters. The number of phosphoric acid groups is 1. The van der Waals surface area contributed by atoms with Crippen LogP contribution in [0, 0.1) is 5.92 Å². The van der Waals surface area contributed by atoms with E-state index in [4.69, 9.17) is 23.6 Å². The zero-order valence-corrected chi connectivity index (χ0v) is 22.7. The summed E-state index contributed by atoms with van der Waals surface area (Å²) in [6, 6.07) is 0. The first-order valence-corrected chi connectivity index (χ1v) is 14.6. The minimum atomic E-state index is -4.16. The molecule has 0 aliphatic heterocycles. The van der Waals surface area contributed by atoms with E-state index in [1.165, 1.54) is 51.4 Å². The molecule has 0 fully saturated rings. The molecule has 8 nitrogen and oxygen atoms in total. The van der Waals surface area contributed by atoms with Gasteiger partial charge in [0.1, 0.15) is 12.5 Å². The van der Waals surface area contributed by atoms with Crippen molar-refractivity contribution in [3.05, 3.63) is 5.92 Å². The Bertz CT molecular complexity index is 515. The lowest BCUT2D eigenvalue weighted by Crippen LogP contribution is -2.26. The predicted molar refractivity (Wildman–Crippen MR) is 135 cm³/mol. The van der Waals surface area contributed by atoms with E-state index in [0.29, 0.717) is 32.5 Å². The summed E-state index contributed by atoms with van der Waals surface area (Å²) in [5, 5.41) is 8.72. The van der Waals surface area contributed by atoms with Crippen LogP contribution in [0.5, 0.6) is 0 Å². The van der Waals surface area contributed by atoms with Gasteiger partial charge in [0.25, 0.3) is 0 Å². The van der Waals surface area contributed by atoms with Crippen LogP contribution in [0.4, 0.5) is 0 Å². The normalized spacial score (nSPS) is 14.1. The molecule has 0 aliphatic carbocycles. The van der Waals surface area contributed by atoms with E-state index in [1.54, 1.807) is 0 Å². The van der Waals surface area contributed by atoms with Crippen molar-refractivity contribution in [2.75, 3.05) is 33.0 Å². The minimum absolute atomic E-state index is 0.0906. The van der Waals surface area contributed by atoms with Gasteiger partial charge in [-0.3, -0.25) is 13.8 Å². The van der Waals surface area contributed by atoms with Crippen LogP contribution in [0.2, 0.25) is 0 Å². The summed E-state index contributed by atoms with van der Waals surface area (Å²) in [6.45, 7) is 7.26. The topological polar surface area (TPSA) is 112 Å². The van der Waals surface area contributed by atoms with Crippen molar-refractivity contribution < 1.29 is 37.9 Å². The lowest BCUT2D eigenvalue weighted by atomic mass is 10.1. The van der Waals surface area contributed by atoms with Crippen LogP contribution >= 0.6 is 7.82 Å². The molecule has 0 saturated heterocycles. The third kappa shape index (κ3) is 24.5. The number of phosphoric ester groups is 1. The molecule has 0 heterocycles. The van der Waals surface area contributed by atoms with Crippen molar-refractivity contribution in [1.29, 1.82) is 0 Å². The molecule has 2 unspecified atom stereocenters. The van der Waals surface area contributed by atoms with Crippen LogP contribution in [0.15, 0.2) is 0 Å². The van der Waals surface area contributed by atoms with Crippen molar-refractivity contribution >= 4 is 13.8 Å². The highest BCUT2D eigenvalue weighted by atomic mass is 31.2. The summed E-state index contributed by atoms with van der Waals surface area (Å²) in [5.41, 5.74) is 0. The maximum absolute atomic E-state index is 12.1. The summed E-state index contributed by atoms with van der Waals surface area (Å²) >= 11 is 0. The largest absolute Gasteiger partial charge is 0.481 e. The van der Waals surface area contributed by atoms with Crippen LogP contribution < -0.4 is 0 Å². The molecule has 0 spiro atoms. The number of carboxylic acid groups (broad SMARTS) is 1. The van der Waals surface area contributed by atoms with Crippen molar-refractivity contribution in [1.82, 2.24) is 0 Å². The number of carboxylic acids is 1. The molecule has 0 radical (unpaired) electrons. The smallest absolute Gasteiger partial charge is 0.472 e. The van der Waals surface area contributed by atoms with Gasteiger partial charge in [0, 0.05) is 19.6 Å². The average molecular weight is 510 g/mol. The Labute approximate surface area is 207 Å². The highest BCUT2D eigenvalue weighted by Crippen LogP contribution is 2.43. The van der Waals surface area contributed by atoms with Gasteiger partial charge in [-0.1, -0.05) is 64.7 Å². The average Bonchev–Trinajstić information content (AvgIpc) is 2.76. The first-order valence-electron chi connectivity index (χ1n) is 13.1. The van der Waals surface area contributed by atoms with Gasteiger partial charge in [-0.05, 0) is 19.3 Å². The van der Waals surface area contributed by atoms with Gasteiger partial charge < -0.3 is 19.5 Å². The third-order valence-electron chi connectivity index (χ3n) is 5.36. The maximum atomic E-state index is 12.1. The molecule has 34 heavy (non-hydrogen) atoms.